The number of benzene rings is 1. The van der Waals surface area contributed by atoms with Crippen molar-refractivity contribution in [3.05, 3.63) is 29.8 Å². The molecule has 0 saturated heterocycles. The SMILES string of the molecule is CC(C)CNCc1ccc(N(C)CCS(C)(=O)=O)cc1. The smallest absolute Gasteiger partial charge is 0.149 e. The number of nitrogens with zero attached hydrogens (tertiary/aromatic N) is 1. The fourth-order valence-corrected chi connectivity index (χ4v) is 2.41. The first-order chi connectivity index (χ1) is 9.28. The van der Waals surface area contributed by atoms with E-state index < -0.39 is 9.84 Å². The van der Waals surface area contributed by atoms with E-state index >= 15 is 0 Å². The van der Waals surface area contributed by atoms with E-state index in [1.807, 2.05) is 24.1 Å². The van der Waals surface area contributed by atoms with E-state index in [1.54, 1.807) is 0 Å². The number of hydrogen-bond donors (Lipinski definition) is 1. The van der Waals surface area contributed by atoms with Gasteiger partial charge < -0.3 is 10.2 Å². The third kappa shape index (κ3) is 6.91. The Morgan fingerprint density at radius 1 is 1.20 bits per heavy atom. The molecule has 1 aromatic carbocycles. The first-order valence-electron chi connectivity index (χ1n) is 6.96. The van der Waals surface area contributed by atoms with Crippen molar-refractivity contribution in [1.82, 2.24) is 5.32 Å². The Morgan fingerprint density at radius 3 is 2.30 bits per heavy atom. The van der Waals surface area contributed by atoms with Gasteiger partial charge >= 0.3 is 0 Å². The fraction of sp³-hybridized carbons (Fsp3) is 0.600. The number of nitrogens with one attached hydrogen (secondary N) is 1. The molecule has 0 amide bonds. The molecule has 0 unspecified atom stereocenters. The molecule has 0 saturated carbocycles. The van der Waals surface area contributed by atoms with Crippen molar-refractivity contribution in [2.45, 2.75) is 20.4 Å². The highest BCUT2D eigenvalue weighted by atomic mass is 32.2. The second kappa shape index (κ2) is 7.64. The summed E-state index contributed by atoms with van der Waals surface area (Å²) in [5.74, 6) is 0.831. The minimum absolute atomic E-state index is 0.182. The summed E-state index contributed by atoms with van der Waals surface area (Å²) in [6, 6.07) is 8.24. The largest absolute Gasteiger partial charge is 0.374 e. The summed E-state index contributed by atoms with van der Waals surface area (Å²) in [4.78, 5) is 1.96. The zero-order chi connectivity index (χ0) is 15.2. The highest BCUT2D eigenvalue weighted by Crippen LogP contribution is 2.13. The van der Waals surface area contributed by atoms with E-state index in [-0.39, 0.29) is 5.75 Å². The molecule has 0 aromatic heterocycles. The van der Waals surface area contributed by atoms with Gasteiger partial charge in [-0.3, -0.25) is 0 Å². The highest BCUT2D eigenvalue weighted by Gasteiger charge is 2.06. The van der Waals surface area contributed by atoms with Gasteiger partial charge in [0, 0.05) is 32.1 Å². The van der Waals surface area contributed by atoms with Crippen LogP contribution in [0.5, 0.6) is 0 Å². The third-order valence-corrected chi connectivity index (χ3v) is 3.98. The molecule has 4 nitrogen and oxygen atoms in total. The van der Waals surface area contributed by atoms with Crippen LogP contribution in [0.2, 0.25) is 0 Å². The number of sulfone groups is 1. The lowest BCUT2D eigenvalue weighted by Crippen LogP contribution is -2.24. The predicted molar refractivity (Wildman–Crippen MR) is 86.0 cm³/mol. The van der Waals surface area contributed by atoms with Gasteiger partial charge in [0.05, 0.1) is 5.75 Å². The summed E-state index contributed by atoms with van der Waals surface area (Å²) in [6.07, 6.45) is 1.27. The van der Waals surface area contributed by atoms with Gasteiger partial charge in [-0.25, -0.2) is 8.42 Å². The second-order valence-corrected chi connectivity index (χ2v) is 8.00. The third-order valence-electron chi connectivity index (χ3n) is 3.06. The minimum Gasteiger partial charge on any atom is -0.374 e. The lowest BCUT2D eigenvalue weighted by molar-refractivity contribution is 0.552. The fourth-order valence-electron chi connectivity index (χ4n) is 1.81. The molecule has 114 valence electrons. The van der Waals surface area contributed by atoms with E-state index in [0.717, 1.165) is 18.8 Å². The van der Waals surface area contributed by atoms with Crippen LogP contribution < -0.4 is 10.2 Å². The number of hydrogen-bond acceptors (Lipinski definition) is 4. The monoisotopic (exact) mass is 298 g/mol. The number of anilines is 1. The van der Waals surface area contributed by atoms with Gasteiger partial charge in [-0.05, 0) is 30.2 Å². The predicted octanol–water partition coefficient (Wildman–Crippen LogP) is 1.91. The van der Waals surface area contributed by atoms with Crippen LogP contribution in [0.1, 0.15) is 19.4 Å². The molecule has 1 aromatic rings. The van der Waals surface area contributed by atoms with Gasteiger partial charge in [0.1, 0.15) is 9.84 Å². The molecular formula is C15H26N2O2S. The molecule has 0 bridgehead atoms. The first kappa shape index (κ1) is 17.0. The van der Waals surface area contributed by atoms with Crippen molar-refractivity contribution < 1.29 is 8.42 Å². The first-order valence-corrected chi connectivity index (χ1v) is 9.02. The van der Waals surface area contributed by atoms with Gasteiger partial charge in [0.2, 0.25) is 0 Å². The van der Waals surface area contributed by atoms with Gasteiger partial charge in [-0.2, -0.15) is 0 Å². The Hall–Kier alpha value is -1.07. The summed E-state index contributed by atoms with van der Waals surface area (Å²) in [6.45, 7) is 6.77. The molecule has 0 aliphatic heterocycles. The Bertz CT molecular complexity index is 495. The summed E-state index contributed by atoms with van der Waals surface area (Å²) < 4.78 is 22.3. The molecule has 0 aliphatic rings. The summed E-state index contributed by atoms with van der Waals surface area (Å²) in [5, 5.41) is 3.40. The second-order valence-electron chi connectivity index (χ2n) is 5.74. The van der Waals surface area contributed by atoms with Crippen LogP contribution in [0.15, 0.2) is 24.3 Å². The Balaban J connectivity index is 2.49. The van der Waals surface area contributed by atoms with Gasteiger partial charge in [0.25, 0.3) is 0 Å². The zero-order valence-corrected chi connectivity index (χ0v) is 13.7. The number of rotatable bonds is 8. The van der Waals surface area contributed by atoms with Crippen molar-refractivity contribution in [2.24, 2.45) is 5.92 Å². The van der Waals surface area contributed by atoms with Crippen molar-refractivity contribution in [3.8, 4) is 0 Å². The summed E-state index contributed by atoms with van der Waals surface area (Å²) in [7, 11) is -0.993. The van der Waals surface area contributed by atoms with E-state index in [9.17, 15) is 8.42 Å². The van der Waals surface area contributed by atoms with E-state index in [4.69, 9.17) is 0 Å². The average Bonchev–Trinajstić information content (AvgIpc) is 2.35. The van der Waals surface area contributed by atoms with Gasteiger partial charge in [-0.15, -0.1) is 0 Å². The van der Waals surface area contributed by atoms with Crippen LogP contribution in [0.4, 0.5) is 5.69 Å². The Labute approximate surface area is 123 Å². The van der Waals surface area contributed by atoms with Crippen molar-refractivity contribution in [2.75, 3.05) is 37.0 Å². The van der Waals surface area contributed by atoms with Crippen molar-refractivity contribution >= 4 is 15.5 Å². The lowest BCUT2D eigenvalue weighted by atomic mass is 10.2. The van der Waals surface area contributed by atoms with Crippen LogP contribution in [0, 0.1) is 5.92 Å². The van der Waals surface area contributed by atoms with Gasteiger partial charge in [0.15, 0.2) is 0 Å². The molecule has 1 rings (SSSR count). The van der Waals surface area contributed by atoms with E-state index in [2.05, 4.69) is 31.3 Å². The molecule has 20 heavy (non-hydrogen) atoms. The molecule has 0 aliphatic carbocycles. The molecular weight excluding hydrogens is 272 g/mol. The molecule has 0 radical (unpaired) electrons. The molecule has 0 heterocycles. The Morgan fingerprint density at radius 2 is 1.80 bits per heavy atom. The van der Waals surface area contributed by atoms with Crippen LogP contribution in [0.25, 0.3) is 0 Å². The van der Waals surface area contributed by atoms with Gasteiger partial charge in [-0.1, -0.05) is 26.0 Å². The summed E-state index contributed by atoms with van der Waals surface area (Å²) >= 11 is 0. The lowest BCUT2D eigenvalue weighted by Gasteiger charge is -2.19. The molecule has 0 fully saturated rings. The minimum atomic E-state index is -2.91. The van der Waals surface area contributed by atoms with Crippen LogP contribution in [-0.4, -0.2) is 40.6 Å². The van der Waals surface area contributed by atoms with E-state index in [1.165, 1.54) is 11.8 Å². The molecule has 0 atom stereocenters. The normalized spacial score (nSPS) is 11.8. The molecule has 1 N–H and O–H groups in total. The quantitative estimate of drug-likeness (QED) is 0.796. The van der Waals surface area contributed by atoms with Crippen molar-refractivity contribution in [1.29, 1.82) is 0 Å². The van der Waals surface area contributed by atoms with E-state index in [0.29, 0.717) is 12.5 Å². The van der Waals surface area contributed by atoms with Crippen LogP contribution in [-0.2, 0) is 16.4 Å². The maximum atomic E-state index is 11.2. The van der Waals surface area contributed by atoms with Crippen molar-refractivity contribution in [3.63, 3.8) is 0 Å². The standard InChI is InChI=1S/C15H26N2O2S/c1-13(2)11-16-12-14-5-7-15(8-6-14)17(3)9-10-20(4,18)19/h5-8,13,16H,9-12H2,1-4H3. The zero-order valence-electron chi connectivity index (χ0n) is 12.9. The van der Waals surface area contributed by atoms with Crippen LogP contribution >= 0.6 is 0 Å². The average molecular weight is 298 g/mol. The highest BCUT2D eigenvalue weighted by molar-refractivity contribution is 7.90. The molecule has 5 heteroatoms. The maximum Gasteiger partial charge on any atom is 0.149 e. The summed E-state index contributed by atoms with van der Waals surface area (Å²) in [5.41, 5.74) is 2.28. The maximum absolute atomic E-state index is 11.2. The topological polar surface area (TPSA) is 49.4 Å². The van der Waals surface area contributed by atoms with Crippen LogP contribution in [0.3, 0.4) is 0 Å². The Kier molecular flexibility index (Phi) is 6.49. The molecule has 0 spiro atoms.